The van der Waals surface area contributed by atoms with Crippen LogP contribution in [0.4, 0.5) is 0 Å². The maximum atomic E-state index is 12.0. The highest BCUT2D eigenvalue weighted by molar-refractivity contribution is 5.63. The van der Waals surface area contributed by atoms with Crippen LogP contribution in [0.3, 0.4) is 0 Å². The van der Waals surface area contributed by atoms with Gasteiger partial charge in [-0.1, -0.05) is 54.6 Å². The van der Waals surface area contributed by atoms with Crippen LogP contribution >= 0.6 is 0 Å². The van der Waals surface area contributed by atoms with Crippen molar-refractivity contribution >= 4 is 0 Å². The lowest BCUT2D eigenvalue weighted by atomic mass is 10.0. The molecule has 2 heterocycles. The number of ether oxygens (including phenoxy) is 2. The molecule has 1 fully saturated rings. The molecule has 0 bridgehead atoms. The fourth-order valence-corrected chi connectivity index (χ4v) is 3.55. The number of hydrogen-bond donors (Lipinski definition) is 2. The van der Waals surface area contributed by atoms with Crippen LogP contribution in [0.5, 0.6) is 0 Å². The molecule has 30 heavy (non-hydrogen) atoms. The molecule has 0 aliphatic carbocycles. The molecule has 0 amide bonds. The van der Waals surface area contributed by atoms with Crippen molar-refractivity contribution in [1.29, 1.82) is 0 Å². The van der Waals surface area contributed by atoms with Crippen molar-refractivity contribution in [2.45, 2.75) is 38.4 Å². The molecule has 2 N–H and O–H groups in total. The van der Waals surface area contributed by atoms with Gasteiger partial charge in [0.2, 0.25) is 0 Å². The number of hydrogen-bond acceptors (Lipinski definition) is 5. The Morgan fingerprint density at radius 1 is 1.10 bits per heavy atom. The number of aliphatic hydroxyl groups is 1. The standard InChI is InChI=1S/C23H24N2O5/c1-15-12-25(23(28)24-22(15)27)21-11-19(26)20(30-21)14-29-13-16-7-9-18(10-8-16)17-5-3-2-4-6-17/h2-10,12,19-21,26H,11,13-14H2,1H3,(H,24,27,28)/t19?,20-,21-/m1/s1. The van der Waals surface area contributed by atoms with E-state index in [0.29, 0.717) is 12.2 Å². The normalized spacial score (nSPS) is 21.1. The minimum atomic E-state index is -0.755. The van der Waals surface area contributed by atoms with Crippen molar-refractivity contribution in [3.05, 3.63) is 92.8 Å². The summed E-state index contributed by atoms with van der Waals surface area (Å²) in [6, 6.07) is 18.3. The van der Waals surface area contributed by atoms with Crippen LogP contribution in [0, 0.1) is 6.92 Å². The van der Waals surface area contributed by atoms with E-state index < -0.39 is 29.7 Å². The van der Waals surface area contributed by atoms with Crippen molar-refractivity contribution in [3.8, 4) is 11.1 Å². The van der Waals surface area contributed by atoms with Gasteiger partial charge in [0.1, 0.15) is 12.3 Å². The fraction of sp³-hybridized carbons (Fsp3) is 0.304. The van der Waals surface area contributed by atoms with Crippen molar-refractivity contribution in [2.24, 2.45) is 0 Å². The largest absolute Gasteiger partial charge is 0.390 e. The first-order chi connectivity index (χ1) is 14.5. The smallest absolute Gasteiger partial charge is 0.330 e. The average Bonchev–Trinajstić information content (AvgIpc) is 3.12. The molecule has 1 aromatic heterocycles. The summed E-state index contributed by atoms with van der Waals surface area (Å²) in [5, 5.41) is 10.3. The molecule has 1 unspecified atom stereocenters. The summed E-state index contributed by atoms with van der Waals surface area (Å²) in [4.78, 5) is 25.8. The summed E-state index contributed by atoms with van der Waals surface area (Å²) < 4.78 is 12.9. The molecule has 3 atom stereocenters. The molecule has 4 rings (SSSR count). The van der Waals surface area contributed by atoms with Crippen molar-refractivity contribution in [1.82, 2.24) is 9.55 Å². The maximum absolute atomic E-state index is 12.0. The van der Waals surface area contributed by atoms with Crippen LogP contribution in [0.2, 0.25) is 0 Å². The van der Waals surface area contributed by atoms with Crippen LogP contribution in [0.15, 0.2) is 70.4 Å². The average molecular weight is 408 g/mol. The van der Waals surface area contributed by atoms with E-state index in [4.69, 9.17) is 9.47 Å². The van der Waals surface area contributed by atoms with E-state index in [1.807, 2.05) is 30.3 Å². The van der Waals surface area contributed by atoms with Crippen molar-refractivity contribution in [2.75, 3.05) is 6.61 Å². The van der Waals surface area contributed by atoms with Gasteiger partial charge in [-0.2, -0.15) is 0 Å². The maximum Gasteiger partial charge on any atom is 0.330 e. The fourth-order valence-electron chi connectivity index (χ4n) is 3.55. The molecule has 1 aliphatic heterocycles. The van der Waals surface area contributed by atoms with E-state index in [1.54, 1.807) is 6.92 Å². The van der Waals surface area contributed by atoms with Crippen LogP contribution < -0.4 is 11.2 Å². The number of aromatic amines is 1. The van der Waals surface area contributed by atoms with E-state index in [-0.39, 0.29) is 13.0 Å². The summed E-state index contributed by atoms with van der Waals surface area (Å²) in [6.45, 7) is 2.21. The van der Waals surface area contributed by atoms with Crippen molar-refractivity contribution < 1.29 is 14.6 Å². The van der Waals surface area contributed by atoms with Crippen LogP contribution in [0.1, 0.15) is 23.8 Å². The Morgan fingerprint density at radius 2 is 1.80 bits per heavy atom. The summed E-state index contributed by atoms with van der Waals surface area (Å²) in [6.07, 6.45) is -0.226. The second kappa shape index (κ2) is 8.79. The van der Waals surface area contributed by atoms with Gasteiger partial charge in [-0.05, 0) is 23.6 Å². The third kappa shape index (κ3) is 4.43. The number of rotatable bonds is 6. The number of H-pyrrole nitrogens is 1. The molecule has 0 saturated carbocycles. The second-order valence-corrected chi connectivity index (χ2v) is 7.49. The Morgan fingerprint density at radius 3 is 2.53 bits per heavy atom. The van der Waals surface area contributed by atoms with Gasteiger partial charge >= 0.3 is 5.69 Å². The van der Waals surface area contributed by atoms with E-state index in [0.717, 1.165) is 16.7 Å². The van der Waals surface area contributed by atoms with Crippen LogP contribution in [-0.2, 0) is 16.1 Å². The second-order valence-electron chi connectivity index (χ2n) is 7.49. The minimum Gasteiger partial charge on any atom is -0.390 e. The number of benzene rings is 2. The molecular weight excluding hydrogens is 384 g/mol. The molecule has 2 aromatic carbocycles. The third-order valence-electron chi connectivity index (χ3n) is 5.27. The molecule has 0 spiro atoms. The quantitative estimate of drug-likeness (QED) is 0.653. The first-order valence-electron chi connectivity index (χ1n) is 9.89. The summed E-state index contributed by atoms with van der Waals surface area (Å²) in [5.41, 5.74) is 2.75. The molecule has 0 radical (unpaired) electrons. The highest BCUT2D eigenvalue weighted by atomic mass is 16.6. The Kier molecular flexibility index (Phi) is 5.94. The lowest BCUT2D eigenvalue weighted by Crippen LogP contribution is -2.33. The molecule has 156 valence electrons. The first-order valence-corrected chi connectivity index (χ1v) is 9.89. The van der Waals surface area contributed by atoms with Crippen molar-refractivity contribution in [3.63, 3.8) is 0 Å². The van der Waals surface area contributed by atoms with Gasteiger partial charge in [0.15, 0.2) is 0 Å². The lowest BCUT2D eigenvalue weighted by molar-refractivity contribution is -0.0667. The first kappa shape index (κ1) is 20.3. The SMILES string of the molecule is Cc1cn([C@H]2CC(O)[C@@H](COCc3ccc(-c4ccccc4)cc3)O2)c(=O)[nH]c1=O. The highest BCUT2D eigenvalue weighted by Crippen LogP contribution is 2.28. The number of nitrogens with zero attached hydrogens (tertiary/aromatic N) is 1. The van der Waals surface area contributed by atoms with Crippen LogP contribution in [-0.4, -0.2) is 33.5 Å². The number of aliphatic hydroxyl groups excluding tert-OH is 1. The summed E-state index contributed by atoms with van der Waals surface area (Å²) in [5.74, 6) is 0. The number of aromatic nitrogens is 2. The number of aryl methyl sites for hydroxylation is 1. The zero-order chi connectivity index (χ0) is 21.1. The molecule has 7 heteroatoms. The molecule has 3 aromatic rings. The highest BCUT2D eigenvalue weighted by Gasteiger charge is 2.35. The third-order valence-corrected chi connectivity index (χ3v) is 5.27. The number of nitrogens with one attached hydrogen (secondary N) is 1. The van der Waals surface area contributed by atoms with Gasteiger partial charge in [0, 0.05) is 18.2 Å². The van der Waals surface area contributed by atoms with E-state index in [1.165, 1.54) is 10.8 Å². The van der Waals surface area contributed by atoms with Gasteiger partial charge in [-0.15, -0.1) is 0 Å². The van der Waals surface area contributed by atoms with E-state index in [9.17, 15) is 14.7 Å². The van der Waals surface area contributed by atoms with Gasteiger partial charge in [0.25, 0.3) is 5.56 Å². The molecule has 7 nitrogen and oxygen atoms in total. The van der Waals surface area contributed by atoms with E-state index >= 15 is 0 Å². The Hall–Kier alpha value is -3.00. The summed E-state index contributed by atoms with van der Waals surface area (Å²) in [7, 11) is 0. The van der Waals surface area contributed by atoms with Gasteiger partial charge < -0.3 is 14.6 Å². The summed E-state index contributed by atoms with van der Waals surface area (Å²) >= 11 is 0. The Labute approximate surface area is 173 Å². The Balaban J connectivity index is 1.33. The molecule has 1 aliphatic rings. The van der Waals surface area contributed by atoms with Gasteiger partial charge in [-0.3, -0.25) is 14.3 Å². The lowest BCUT2D eigenvalue weighted by Gasteiger charge is -2.16. The van der Waals surface area contributed by atoms with Gasteiger partial charge in [0.05, 0.1) is 19.3 Å². The topological polar surface area (TPSA) is 93.6 Å². The molecular formula is C23H24N2O5. The molecule has 1 saturated heterocycles. The zero-order valence-corrected chi connectivity index (χ0v) is 16.7. The predicted molar refractivity (Wildman–Crippen MR) is 112 cm³/mol. The van der Waals surface area contributed by atoms with E-state index in [2.05, 4.69) is 29.2 Å². The zero-order valence-electron chi connectivity index (χ0n) is 16.7. The minimum absolute atomic E-state index is 0.204. The monoisotopic (exact) mass is 408 g/mol. The van der Waals surface area contributed by atoms with Crippen LogP contribution in [0.25, 0.3) is 11.1 Å². The predicted octanol–water partition coefficient (Wildman–Crippen LogP) is 2.38. The Bertz CT molecular complexity index is 1100. The van der Waals surface area contributed by atoms with Gasteiger partial charge in [-0.25, -0.2) is 4.79 Å².